The van der Waals surface area contributed by atoms with Crippen molar-refractivity contribution in [2.75, 3.05) is 52.8 Å². The molecule has 2 aromatic carbocycles. The number of anilines is 1. The van der Waals surface area contributed by atoms with Gasteiger partial charge in [-0.2, -0.15) is 3.89 Å². The van der Waals surface area contributed by atoms with Crippen LogP contribution in [0.4, 0.5) is 14.4 Å². The Balaban J connectivity index is 0.00000305. The van der Waals surface area contributed by atoms with E-state index >= 15 is 0 Å². The van der Waals surface area contributed by atoms with Crippen molar-refractivity contribution in [2.24, 2.45) is 17.8 Å². The SMILES string of the molecule is CC[C@H]1OC(=O)[C@H](C)C(=O)[C@H](C)[C@@H](O[C@@H]2OC(CNC(=O)c3ccccc3)CC(N(C)C)C2O)[C@](C)(OC)C[C@@H](C)CN[C@H](C)[C@H]2N(CCCCn3cc(-c4cccc(N)c4)nn3)C(=O)O[C@]12C.CSF. The van der Waals surface area contributed by atoms with E-state index in [2.05, 4.69) is 27.9 Å². The molecule has 3 saturated heterocycles. The second kappa shape index (κ2) is 25.8. The first-order valence-electron chi connectivity index (χ1n) is 24.6. The zero-order chi connectivity index (χ0) is 52.2. The Bertz CT molecular complexity index is 2210. The van der Waals surface area contributed by atoms with E-state index in [1.54, 1.807) is 47.9 Å². The standard InChI is InChI=1S/C50H74N8O10.CH3FS/c1-11-40-50(7)43(58(48(63)68-50)23-16-15-22-57-29-38(54-55-57)35-20-17-21-36(51)24-35)33(5)52-27-30(2)26-49(6,64-10)44(31(3)41(59)32(4)46(62)66-40)67-47-42(60)39(56(8)9)25-37(65-47)28-53-45(61)34-18-13-12-14-19-34;1-3-2/h12-14,17-21,24,29-33,37,39-40,42-44,47,52,60H,11,15-16,22-23,25-28,51H2,1-10H3,(H,53,61);1H3/t30-,31+,32-,33-,37?,39?,40-,42?,43-,44-,47+,49-,50-;/m1./s1. The molecule has 3 unspecified atom stereocenters. The van der Waals surface area contributed by atoms with Gasteiger partial charge in [-0.3, -0.25) is 24.0 Å². The van der Waals surface area contributed by atoms with Crippen molar-refractivity contribution in [2.45, 2.75) is 147 Å². The molecule has 0 aliphatic carbocycles. The molecule has 394 valence electrons. The normalized spacial score (nSPS) is 31.9. The lowest BCUT2D eigenvalue weighted by Crippen LogP contribution is -2.61. The molecule has 0 radical (unpaired) electrons. The summed E-state index contributed by atoms with van der Waals surface area (Å²) < 4.78 is 44.0. The summed E-state index contributed by atoms with van der Waals surface area (Å²) in [7, 11) is 5.27. The third-order valence-electron chi connectivity index (χ3n) is 14.2. The van der Waals surface area contributed by atoms with Gasteiger partial charge < -0.3 is 50.1 Å². The van der Waals surface area contributed by atoms with E-state index in [9.17, 15) is 28.2 Å². The van der Waals surface area contributed by atoms with Crippen LogP contribution in [0.1, 0.15) is 90.9 Å². The van der Waals surface area contributed by atoms with E-state index < -0.39 is 83.7 Å². The summed E-state index contributed by atoms with van der Waals surface area (Å²) in [6.45, 7) is 14.4. The maximum atomic E-state index is 14.6. The van der Waals surface area contributed by atoms with Crippen molar-refractivity contribution < 1.29 is 51.9 Å². The maximum absolute atomic E-state index is 14.6. The first-order valence-corrected chi connectivity index (χ1v) is 25.8. The molecule has 0 bridgehead atoms. The zero-order valence-corrected chi connectivity index (χ0v) is 44.0. The summed E-state index contributed by atoms with van der Waals surface area (Å²) in [5, 5.41) is 27.1. The summed E-state index contributed by atoms with van der Waals surface area (Å²) in [5.41, 5.74) is 6.29. The number of hydrogen-bond acceptors (Lipinski definition) is 16. The van der Waals surface area contributed by atoms with Crippen LogP contribution in [0.2, 0.25) is 0 Å². The molecule has 5 N–H and O–H groups in total. The summed E-state index contributed by atoms with van der Waals surface area (Å²) in [5.74, 6) is -3.75. The number of nitrogens with zero attached hydrogens (tertiary/aromatic N) is 5. The van der Waals surface area contributed by atoms with Gasteiger partial charge in [0.2, 0.25) is 0 Å². The number of amides is 2. The van der Waals surface area contributed by atoms with Crippen LogP contribution in [0.3, 0.4) is 0 Å². The van der Waals surface area contributed by atoms with E-state index in [4.69, 9.17) is 29.4 Å². The number of carbonyl (C=O) groups is 4. The van der Waals surface area contributed by atoms with Crippen LogP contribution in [-0.4, -0.2) is 161 Å². The van der Waals surface area contributed by atoms with Crippen molar-refractivity contribution >= 4 is 41.6 Å². The zero-order valence-electron chi connectivity index (χ0n) is 43.2. The number of aliphatic hydroxyl groups excluding tert-OH is 1. The highest BCUT2D eigenvalue weighted by Gasteiger charge is 2.59. The minimum atomic E-state index is -1.27. The van der Waals surface area contributed by atoms with Gasteiger partial charge in [0.1, 0.15) is 23.8 Å². The fraction of sp³-hybridized carbons (Fsp3) is 0.647. The first kappa shape index (κ1) is 57.2. The second-order valence-corrected chi connectivity index (χ2v) is 20.1. The lowest BCUT2D eigenvalue weighted by atomic mass is 9.78. The maximum Gasteiger partial charge on any atom is 0.410 e. The number of carbonyl (C=O) groups excluding carboxylic acids is 4. The first-order chi connectivity index (χ1) is 33.7. The third kappa shape index (κ3) is 14.1. The number of hydrogen-bond donors (Lipinski definition) is 4. The fourth-order valence-electron chi connectivity index (χ4n) is 10.4. The Labute approximate surface area is 422 Å². The number of aliphatic hydroxyl groups is 1. The van der Waals surface area contributed by atoms with Gasteiger partial charge in [-0.05, 0) is 111 Å². The average Bonchev–Trinajstić information content (AvgIpc) is 3.93. The molecule has 1 aromatic heterocycles. The van der Waals surface area contributed by atoms with Crippen molar-refractivity contribution in [1.82, 2.24) is 35.4 Å². The number of ether oxygens (including phenoxy) is 5. The van der Waals surface area contributed by atoms with Gasteiger partial charge in [0.15, 0.2) is 17.7 Å². The number of esters is 1. The summed E-state index contributed by atoms with van der Waals surface area (Å²) >= 11 is 0.250. The van der Waals surface area contributed by atoms with Gasteiger partial charge in [0.25, 0.3) is 5.91 Å². The molecule has 4 heterocycles. The largest absolute Gasteiger partial charge is 0.458 e. The molecule has 3 fully saturated rings. The van der Waals surface area contributed by atoms with Crippen LogP contribution in [-0.2, 0) is 39.8 Å². The topological polar surface area (TPSA) is 222 Å². The summed E-state index contributed by atoms with van der Waals surface area (Å²) in [6, 6.07) is 15.0. The quantitative estimate of drug-likeness (QED) is 0.0636. The number of fused-ring (bicyclic) bond motifs is 1. The number of nitrogen functional groups attached to an aromatic ring is 1. The predicted molar refractivity (Wildman–Crippen MR) is 270 cm³/mol. The molecule has 0 saturated carbocycles. The fourth-order valence-corrected chi connectivity index (χ4v) is 10.4. The number of ketones is 1. The van der Waals surface area contributed by atoms with Crippen LogP contribution >= 0.6 is 12.1 Å². The molecule has 0 spiro atoms. The molecule has 20 heteroatoms. The number of halogens is 1. The molecule has 18 nitrogen and oxygen atoms in total. The number of nitrogens with two attached hydrogens (primary N) is 1. The molecule has 13 atom stereocenters. The number of likely N-dealkylation sites (N-methyl/N-ethyl adjacent to an activating group) is 1. The monoisotopic (exact) mass is 1010 g/mol. The highest BCUT2D eigenvalue weighted by atomic mass is 32.2. The molecular weight excluding hydrogens is 936 g/mol. The number of unbranched alkanes of at least 4 members (excludes halogenated alkanes) is 1. The number of aryl methyl sites for hydroxylation is 1. The Morgan fingerprint density at radius 1 is 1.07 bits per heavy atom. The summed E-state index contributed by atoms with van der Waals surface area (Å²) in [4.78, 5) is 59.4. The number of Topliss-reactive ketones (excluding diaryl/α,β-unsaturated/α-hetero) is 1. The molecule has 3 aromatic rings. The van der Waals surface area contributed by atoms with Gasteiger partial charge in [-0.1, -0.05) is 56.3 Å². The Kier molecular flexibility index (Phi) is 20.8. The molecule has 71 heavy (non-hydrogen) atoms. The highest BCUT2D eigenvalue weighted by Crippen LogP contribution is 2.40. The number of aromatic nitrogens is 3. The van der Waals surface area contributed by atoms with Gasteiger partial charge in [0.05, 0.1) is 30.0 Å². The number of nitrogens with one attached hydrogen (secondary N) is 2. The minimum Gasteiger partial charge on any atom is -0.458 e. The van der Waals surface area contributed by atoms with Gasteiger partial charge >= 0.3 is 12.1 Å². The number of benzene rings is 2. The average molecular weight is 1010 g/mol. The molecular formula is C51H77FN8O10S. The van der Waals surface area contributed by atoms with Gasteiger partial charge in [-0.15, -0.1) is 5.10 Å². The van der Waals surface area contributed by atoms with Crippen LogP contribution < -0.4 is 16.4 Å². The van der Waals surface area contributed by atoms with Crippen molar-refractivity contribution in [1.29, 1.82) is 0 Å². The van der Waals surface area contributed by atoms with Gasteiger partial charge in [0, 0.05) is 80.0 Å². The van der Waals surface area contributed by atoms with Crippen LogP contribution in [0.5, 0.6) is 0 Å². The van der Waals surface area contributed by atoms with E-state index in [1.165, 1.54) is 13.2 Å². The number of methoxy groups -OCH3 is 1. The molecule has 6 rings (SSSR count). The number of rotatable bonds is 14. The van der Waals surface area contributed by atoms with E-state index in [0.29, 0.717) is 68.7 Å². The molecule has 2 amide bonds. The van der Waals surface area contributed by atoms with E-state index in [1.807, 2.05) is 83.2 Å². The lowest BCUT2D eigenvalue weighted by Gasteiger charge is -2.47. The van der Waals surface area contributed by atoms with Gasteiger partial charge in [-0.25, -0.2) is 4.79 Å². The minimum absolute atomic E-state index is 0.0801. The van der Waals surface area contributed by atoms with Crippen molar-refractivity contribution in [3.63, 3.8) is 0 Å². The molecule has 3 aliphatic heterocycles. The Hall–Kier alpha value is -4.70. The second-order valence-electron chi connectivity index (χ2n) is 19.8. The third-order valence-corrected chi connectivity index (χ3v) is 14.2. The molecule has 3 aliphatic rings. The van der Waals surface area contributed by atoms with Crippen LogP contribution in [0.25, 0.3) is 11.3 Å². The van der Waals surface area contributed by atoms with E-state index in [-0.39, 0.29) is 36.6 Å². The van der Waals surface area contributed by atoms with E-state index in [0.717, 1.165) is 5.56 Å². The van der Waals surface area contributed by atoms with Crippen LogP contribution in [0.15, 0.2) is 60.8 Å². The highest BCUT2D eigenvalue weighted by molar-refractivity contribution is 7.93. The van der Waals surface area contributed by atoms with Crippen LogP contribution in [0, 0.1) is 17.8 Å². The predicted octanol–water partition coefficient (Wildman–Crippen LogP) is 5.93. The van der Waals surface area contributed by atoms with Crippen molar-refractivity contribution in [3.8, 4) is 11.3 Å². The van der Waals surface area contributed by atoms with Crippen molar-refractivity contribution in [3.05, 3.63) is 66.4 Å². The Morgan fingerprint density at radius 3 is 2.41 bits per heavy atom. The summed E-state index contributed by atoms with van der Waals surface area (Å²) in [6.07, 6.45) is 0.338. The smallest absolute Gasteiger partial charge is 0.410 e. The lowest BCUT2D eigenvalue weighted by molar-refractivity contribution is -0.296. The number of cyclic esters (lactones) is 1. The Morgan fingerprint density at radius 2 is 1.76 bits per heavy atom.